The number of para-hydroxylation sites is 2. The van der Waals surface area contributed by atoms with Gasteiger partial charge in [0.1, 0.15) is 11.6 Å². The van der Waals surface area contributed by atoms with Crippen LogP contribution in [0.25, 0.3) is 0 Å². The average molecular weight is 590 g/mol. The molecule has 2 aromatic carbocycles. The molecule has 5 atom stereocenters. The molecule has 6 rings (SSSR count). The van der Waals surface area contributed by atoms with Gasteiger partial charge in [-0.3, -0.25) is 14.4 Å². The van der Waals surface area contributed by atoms with Gasteiger partial charge in [0, 0.05) is 31.9 Å². The largest absolute Gasteiger partial charge is 0.396 e. The molecule has 0 saturated carbocycles. The first-order chi connectivity index (χ1) is 20.3. The van der Waals surface area contributed by atoms with E-state index < -0.39 is 29.1 Å². The molecule has 1 unspecified atom stereocenters. The van der Waals surface area contributed by atoms with Crippen LogP contribution in [-0.2, 0) is 19.1 Å². The molecule has 4 aliphatic heterocycles. The lowest BCUT2D eigenvalue weighted by molar-refractivity contribution is -0.145. The van der Waals surface area contributed by atoms with E-state index in [0.29, 0.717) is 36.5 Å². The van der Waals surface area contributed by atoms with E-state index in [2.05, 4.69) is 0 Å². The fraction of sp³-hybridized carbons (Fsp3) is 0.424. The summed E-state index contributed by atoms with van der Waals surface area (Å²) in [4.78, 5) is 48.7. The quantitative estimate of drug-likeness (QED) is 0.384. The van der Waals surface area contributed by atoms with Crippen LogP contribution in [0.2, 0.25) is 5.02 Å². The number of unbranched alkanes of at least 4 members (excludes halogenated alkanes) is 1. The van der Waals surface area contributed by atoms with Gasteiger partial charge in [0.05, 0.1) is 28.1 Å². The third kappa shape index (κ3) is 4.22. The first-order valence-corrected chi connectivity index (χ1v) is 15.1. The number of nitrogens with zero attached hydrogens (tertiary/aromatic N) is 3. The SMILES string of the molecule is CC[C@@]12C=CCN(c3ccccc3)C(=O)[C@@H]1[C@H]1C(=O)N(CCCCO)C3C(=O)N(c4c(C)cccc4Cl)CC=C[C@@]31O2. The van der Waals surface area contributed by atoms with Gasteiger partial charge in [-0.05, 0) is 49.9 Å². The molecule has 0 aliphatic carbocycles. The minimum absolute atomic E-state index is 0.0204. The molecule has 4 aliphatic rings. The maximum absolute atomic E-state index is 14.7. The predicted octanol–water partition coefficient (Wildman–Crippen LogP) is 4.29. The predicted molar refractivity (Wildman–Crippen MR) is 161 cm³/mol. The number of carbonyl (C=O) groups excluding carboxylic acids is 3. The minimum Gasteiger partial charge on any atom is -0.396 e. The minimum atomic E-state index is -1.35. The number of aliphatic hydroxyl groups excluding tert-OH is 1. The van der Waals surface area contributed by atoms with Gasteiger partial charge in [-0.1, -0.05) is 73.2 Å². The fourth-order valence-electron chi connectivity index (χ4n) is 7.40. The third-order valence-electron chi connectivity index (χ3n) is 9.27. The molecule has 0 bridgehead atoms. The summed E-state index contributed by atoms with van der Waals surface area (Å²) in [6, 6.07) is 13.9. The maximum atomic E-state index is 14.7. The van der Waals surface area contributed by atoms with E-state index in [9.17, 15) is 19.5 Å². The van der Waals surface area contributed by atoms with Crippen LogP contribution >= 0.6 is 11.6 Å². The number of hydrogen-bond donors (Lipinski definition) is 1. The topological polar surface area (TPSA) is 90.4 Å². The zero-order chi connectivity index (χ0) is 29.6. The lowest BCUT2D eigenvalue weighted by Crippen LogP contribution is -2.56. The Bertz CT molecular complexity index is 1440. The molecule has 8 nitrogen and oxygen atoms in total. The van der Waals surface area contributed by atoms with E-state index in [0.717, 1.165) is 11.3 Å². The van der Waals surface area contributed by atoms with E-state index in [1.165, 1.54) is 0 Å². The average Bonchev–Trinajstić information content (AvgIpc) is 3.27. The zero-order valence-electron chi connectivity index (χ0n) is 23.9. The van der Waals surface area contributed by atoms with Crippen LogP contribution in [0.1, 0.15) is 31.7 Å². The molecule has 1 N–H and O–H groups in total. The first kappa shape index (κ1) is 28.6. The van der Waals surface area contributed by atoms with Crippen LogP contribution in [0.5, 0.6) is 0 Å². The molecule has 2 fully saturated rings. The first-order valence-electron chi connectivity index (χ1n) is 14.7. The monoisotopic (exact) mass is 589 g/mol. The van der Waals surface area contributed by atoms with Crippen LogP contribution < -0.4 is 9.80 Å². The molecule has 3 amide bonds. The van der Waals surface area contributed by atoms with Gasteiger partial charge in [0.25, 0.3) is 5.91 Å². The van der Waals surface area contributed by atoms with Crippen molar-refractivity contribution >= 4 is 40.7 Å². The van der Waals surface area contributed by atoms with Crippen LogP contribution in [0.3, 0.4) is 0 Å². The van der Waals surface area contributed by atoms with Crippen LogP contribution in [-0.4, -0.2) is 71.2 Å². The van der Waals surface area contributed by atoms with Gasteiger partial charge in [-0.2, -0.15) is 0 Å². The number of benzene rings is 2. The standard InChI is InChI=1S/C33H36ClN3O5/c1-3-32-16-10-19-35(23-13-5-4-6-14-23)29(39)25(32)26-30(40)37(18-7-8-21-38)28-31(41)36(20-11-17-33(26,28)42-32)27-22(2)12-9-15-24(27)34/h4-6,9-17,25-26,28,38H,3,7-8,18-21H2,1-2H3/t25-,26-,28?,32+,33-/m0/s1. The summed E-state index contributed by atoms with van der Waals surface area (Å²) in [5, 5.41) is 9.93. The van der Waals surface area contributed by atoms with Crippen molar-refractivity contribution in [3.63, 3.8) is 0 Å². The zero-order valence-corrected chi connectivity index (χ0v) is 24.7. The summed E-state index contributed by atoms with van der Waals surface area (Å²) in [5.41, 5.74) is -0.226. The molecule has 2 saturated heterocycles. The Labute approximate surface area is 251 Å². The second kappa shape index (κ2) is 11.0. The molecule has 9 heteroatoms. The van der Waals surface area contributed by atoms with Gasteiger partial charge < -0.3 is 24.5 Å². The Morgan fingerprint density at radius 3 is 2.36 bits per heavy atom. The van der Waals surface area contributed by atoms with E-state index in [1.807, 2.05) is 80.6 Å². The third-order valence-corrected chi connectivity index (χ3v) is 9.58. The van der Waals surface area contributed by atoms with Gasteiger partial charge >= 0.3 is 0 Å². The number of aliphatic hydroxyl groups is 1. The second-order valence-electron chi connectivity index (χ2n) is 11.5. The fourth-order valence-corrected chi connectivity index (χ4v) is 7.72. The highest BCUT2D eigenvalue weighted by atomic mass is 35.5. The Hall–Kier alpha value is -3.46. The molecule has 4 heterocycles. The molecule has 1 spiro atoms. The number of fused-ring (bicyclic) bond motifs is 2. The smallest absolute Gasteiger partial charge is 0.253 e. The highest BCUT2D eigenvalue weighted by molar-refractivity contribution is 6.34. The number of rotatable bonds is 7. The maximum Gasteiger partial charge on any atom is 0.253 e. The van der Waals surface area contributed by atoms with Crippen LogP contribution in [0, 0.1) is 18.8 Å². The summed E-state index contributed by atoms with van der Waals surface area (Å²) in [6.07, 6.45) is 9.06. The van der Waals surface area contributed by atoms with E-state index in [-0.39, 0.29) is 37.4 Å². The van der Waals surface area contributed by atoms with Crippen molar-refractivity contribution in [1.82, 2.24) is 4.90 Å². The summed E-state index contributed by atoms with van der Waals surface area (Å²) in [7, 11) is 0. The Morgan fingerprint density at radius 2 is 1.64 bits per heavy atom. The number of likely N-dealkylation sites (tertiary alicyclic amines) is 1. The molecular weight excluding hydrogens is 554 g/mol. The number of ether oxygens (including phenoxy) is 1. The number of hydrogen-bond acceptors (Lipinski definition) is 5. The highest BCUT2D eigenvalue weighted by Gasteiger charge is 2.75. The Morgan fingerprint density at radius 1 is 0.905 bits per heavy atom. The van der Waals surface area contributed by atoms with Crippen LogP contribution in [0.4, 0.5) is 11.4 Å². The Kier molecular flexibility index (Phi) is 7.50. The van der Waals surface area contributed by atoms with Gasteiger partial charge in [-0.15, -0.1) is 0 Å². The summed E-state index contributed by atoms with van der Waals surface area (Å²) in [5.74, 6) is -2.49. The number of anilines is 2. The summed E-state index contributed by atoms with van der Waals surface area (Å²) < 4.78 is 7.04. The summed E-state index contributed by atoms with van der Waals surface area (Å²) >= 11 is 6.64. The van der Waals surface area contributed by atoms with Gasteiger partial charge in [0.15, 0.2) is 0 Å². The molecule has 0 aromatic heterocycles. The number of halogens is 1. The van der Waals surface area contributed by atoms with Crippen molar-refractivity contribution < 1.29 is 24.2 Å². The van der Waals surface area contributed by atoms with E-state index >= 15 is 0 Å². The second-order valence-corrected chi connectivity index (χ2v) is 11.9. The number of aryl methyl sites for hydroxylation is 1. The van der Waals surface area contributed by atoms with Crippen LogP contribution in [0.15, 0.2) is 72.8 Å². The number of carbonyl (C=O) groups is 3. The van der Waals surface area contributed by atoms with Gasteiger partial charge in [0.2, 0.25) is 11.8 Å². The highest BCUT2D eigenvalue weighted by Crippen LogP contribution is 2.59. The molecule has 42 heavy (non-hydrogen) atoms. The molecule has 220 valence electrons. The van der Waals surface area contributed by atoms with Crippen molar-refractivity contribution in [1.29, 1.82) is 0 Å². The van der Waals surface area contributed by atoms with Crippen molar-refractivity contribution in [3.8, 4) is 0 Å². The lowest BCUT2D eigenvalue weighted by Gasteiger charge is -2.38. The Balaban J connectivity index is 1.49. The van der Waals surface area contributed by atoms with Crippen molar-refractivity contribution in [2.45, 2.75) is 50.4 Å². The molecule has 0 radical (unpaired) electrons. The molecule has 2 aromatic rings. The van der Waals surface area contributed by atoms with Crippen molar-refractivity contribution in [2.24, 2.45) is 11.8 Å². The van der Waals surface area contributed by atoms with Crippen molar-refractivity contribution in [3.05, 3.63) is 83.4 Å². The summed E-state index contributed by atoms with van der Waals surface area (Å²) in [6.45, 7) is 4.71. The molecular formula is C33H36ClN3O5. The van der Waals surface area contributed by atoms with Crippen molar-refractivity contribution in [2.75, 3.05) is 36.0 Å². The van der Waals surface area contributed by atoms with E-state index in [1.54, 1.807) is 20.8 Å². The lowest BCUT2D eigenvalue weighted by atomic mass is 9.73. The normalized spacial score (nSPS) is 30.3. The number of amides is 3. The van der Waals surface area contributed by atoms with E-state index in [4.69, 9.17) is 16.3 Å². The van der Waals surface area contributed by atoms with Gasteiger partial charge in [-0.25, -0.2) is 0 Å².